The van der Waals surface area contributed by atoms with E-state index in [4.69, 9.17) is 32.1 Å². The van der Waals surface area contributed by atoms with Gasteiger partial charge < -0.3 is 13.8 Å². The first-order valence-electron chi connectivity index (χ1n) is 7.56. The molecule has 0 saturated heterocycles. The summed E-state index contributed by atoms with van der Waals surface area (Å²) in [6, 6.07) is 0. The fraction of sp³-hybridized carbons (Fsp3) is 0.769. The minimum absolute atomic E-state index is 0.0854. The van der Waals surface area contributed by atoms with Gasteiger partial charge in [-0.15, -0.1) is 0 Å². The van der Waals surface area contributed by atoms with Crippen LogP contribution in [0.2, 0.25) is 49.8 Å². The molecule has 0 aromatic carbocycles. The lowest BCUT2D eigenvalue weighted by Gasteiger charge is -2.26. The van der Waals surface area contributed by atoms with E-state index in [0.717, 1.165) is 0 Å². The van der Waals surface area contributed by atoms with Crippen molar-refractivity contribution in [2.45, 2.75) is 39.3 Å². The van der Waals surface area contributed by atoms with Crippen molar-refractivity contribution in [3.63, 3.8) is 0 Å². The summed E-state index contributed by atoms with van der Waals surface area (Å²) in [5, 5.41) is 0.171. The van der Waals surface area contributed by atoms with Gasteiger partial charge in [-0.1, -0.05) is 0 Å². The zero-order chi connectivity index (χ0) is 17.7. The van der Waals surface area contributed by atoms with Crippen LogP contribution in [0.1, 0.15) is 0 Å². The Morgan fingerprint density at radius 3 is 1.52 bits per heavy atom. The maximum Gasteiger partial charge on any atom is 0.231 e. The molecule has 0 radical (unpaired) electrons. The molecule has 1 rings (SSSR count). The van der Waals surface area contributed by atoms with Crippen molar-refractivity contribution in [1.82, 2.24) is 15.0 Å². The molecule has 10 heteroatoms. The molecule has 0 atom stereocenters. The van der Waals surface area contributed by atoms with Gasteiger partial charge in [0.05, 0.1) is 13.2 Å². The maximum atomic E-state index is 5.92. The lowest BCUT2D eigenvalue weighted by Crippen LogP contribution is -2.38. The van der Waals surface area contributed by atoms with Crippen LogP contribution >= 0.6 is 23.2 Å². The van der Waals surface area contributed by atoms with Crippen LogP contribution in [-0.4, -0.2) is 57.9 Å². The van der Waals surface area contributed by atoms with Crippen LogP contribution in [-0.2, 0) is 8.85 Å². The van der Waals surface area contributed by atoms with Gasteiger partial charge in [0, 0.05) is 13.1 Å². The SMILES string of the molecule is C[Si](C)(C)OCCN(CCO[Si](C)(C)C)c1nc(Cl)nc(Cl)n1. The fourth-order valence-electron chi connectivity index (χ4n) is 1.69. The summed E-state index contributed by atoms with van der Waals surface area (Å²) in [5.74, 6) is 0.452. The predicted molar refractivity (Wildman–Crippen MR) is 101 cm³/mol. The topological polar surface area (TPSA) is 60.4 Å². The molecule has 132 valence electrons. The van der Waals surface area contributed by atoms with Crippen LogP contribution in [0, 0.1) is 0 Å². The second kappa shape index (κ2) is 8.73. The van der Waals surface area contributed by atoms with E-state index in [1.54, 1.807) is 0 Å². The summed E-state index contributed by atoms with van der Waals surface area (Å²) >= 11 is 11.8. The van der Waals surface area contributed by atoms with Crippen molar-refractivity contribution < 1.29 is 8.85 Å². The average molecular weight is 397 g/mol. The van der Waals surface area contributed by atoms with Crippen molar-refractivity contribution in [1.29, 1.82) is 0 Å². The van der Waals surface area contributed by atoms with Gasteiger partial charge in [-0.05, 0) is 62.5 Å². The molecule has 1 aromatic heterocycles. The molecule has 0 fully saturated rings. The molecule has 23 heavy (non-hydrogen) atoms. The molecule has 0 saturated carbocycles. The van der Waals surface area contributed by atoms with E-state index in [2.05, 4.69) is 54.2 Å². The van der Waals surface area contributed by atoms with E-state index >= 15 is 0 Å². The van der Waals surface area contributed by atoms with Gasteiger partial charge in [-0.25, -0.2) is 0 Å². The van der Waals surface area contributed by atoms with Gasteiger partial charge in [0.1, 0.15) is 0 Å². The Morgan fingerprint density at radius 2 is 1.17 bits per heavy atom. The Morgan fingerprint density at radius 1 is 0.783 bits per heavy atom. The van der Waals surface area contributed by atoms with Gasteiger partial charge in [0.15, 0.2) is 16.6 Å². The first-order chi connectivity index (χ1) is 10.5. The zero-order valence-corrected chi connectivity index (χ0v) is 18.2. The molecule has 1 heterocycles. The lowest BCUT2D eigenvalue weighted by atomic mass is 10.5. The van der Waals surface area contributed by atoms with E-state index in [0.29, 0.717) is 32.3 Å². The third kappa shape index (κ3) is 9.58. The largest absolute Gasteiger partial charge is 0.416 e. The number of anilines is 1. The summed E-state index contributed by atoms with van der Waals surface area (Å²) in [5.41, 5.74) is 0. The summed E-state index contributed by atoms with van der Waals surface area (Å²) in [4.78, 5) is 14.1. The molecule has 0 N–H and O–H groups in total. The highest BCUT2D eigenvalue weighted by molar-refractivity contribution is 6.70. The molecule has 0 aliphatic rings. The van der Waals surface area contributed by atoms with Crippen molar-refractivity contribution >= 4 is 45.8 Å². The summed E-state index contributed by atoms with van der Waals surface area (Å²) in [6.45, 7) is 15.4. The highest BCUT2D eigenvalue weighted by Gasteiger charge is 2.19. The normalized spacial score (nSPS) is 12.5. The van der Waals surface area contributed by atoms with Crippen LogP contribution in [0.3, 0.4) is 0 Å². The highest BCUT2D eigenvalue weighted by atomic mass is 35.5. The molecule has 0 spiro atoms. The Bertz CT molecular complexity index is 469. The van der Waals surface area contributed by atoms with Crippen LogP contribution in [0.25, 0.3) is 0 Å². The molecular weight excluding hydrogens is 371 g/mol. The number of hydrogen-bond acceptors (Lipinski definition) is 6. The molecule has 1 aromatic rings. The Balaban J connectivity index is 2.74. The molecule has 0 amide bonds. The van der Waals surface area contributed by atoms with Crippen molar-refractivity contribution in [3.8, 4) is 0 Å². The molecule has 0 bridgehead atoms. The van der Waals surface area contributed by atoms with Gasteiger partial charge in [-0.3, -0.25) is 0 Å². The van der Waals surface area contributed by atoms with Crippen molar-refractivity contribution in [3.05, 3.63) is 10.6 Å². The summed E-state index contributed by atoms with van der Waals surface area (Å²) < 4.78 is 11.8. The Labute approximate surface area is 150 Å². The van der Waals surface area contributed by atoms with Crippen LogP contribution in [0.15, 0.2) is 0 Å². The van der Waals surface area contributed by atoms with Gasteiger partial charge in [-0.2, -0.15) is 15.0 Å². The highest BCUT2D eigenvalue weighted by Crippen LogP contribution is 2.15. The maximum absolute atomic E-state index is 5.92. The Kier molecular flexibility index (Phi) is 7.89. The number of aromatic nitrogens is 3. The Hall–Kier alpha value is -0.256. The molecule has 0 aliphatic heterocycles. The third-order valence-electron chi connectivity index (χ3n) is 2.64. The first kappa shape index (κ1) is 20.8. The zero-order valence-electron chi connectivity index (χ0n) is 14.7. The van der Waals surface area contributed by atoms with E-state index in [9.17, 15) is 0 Å². The summed E-state index contributed by atoms with van der Waals surface area (Å²) in [6.07, 6.45) is 0. The second-order valence-electron chi connectivity index (χ2n) is 7.08. The molecular formula is C13H26Cl2N4O2Si2. The second-order valence-corrected chi connectivity index (χ2v) is 16.8. The van der Waals surface area contributed by atoms with E-state index in [1.165, 1.54) is 0 Å². The van der Waals surface area contributed by atoms with Gasteiger partial charge in [0.25, 0.3) is 0 Å². The van der Waals surface area contributed by atoms with Crippen LogP contribution in [0.4, 0.5) is 5.95 Å². The third-order valence-corrected chi connectivity index (χ3v) is 5.12. The summed E-state index contributed by atoms with van der Waals surface area (Å²) in [7, 11) is -3.13. The number of hydrogen-bond donors (Lipinski definition) is 0. The molecule has 0 aliphatic carbocycles. The number of halogens is 2. The van der Waals surface area contributed by atoms with Crippen LogP contribution in [0.5, 0.6) is 0 Å². The monoisotopic (exact) mass is 396 g/mol. The average Bonchev–Trinajstić information content (AvgIpc) is 2.32. The van der Waals surface area contributed by atoms with Crippen molar-refractivity contribution in [2.24, 2.45) is 0 Å². The lowest BCUT2D eigenvalue weighted by molar-refractivity contribution is 0.296. The van der Waals surface area contributed by atoms with Crippen molar-refractivity contribution in [2.75, 3.05) is 31.2 Å². The van der Waals surface area contributed by atoms with E-state index < -0.39 is 16.6 Å². The van der Waals surface area contributed by atoms with E-state index in [-0.39, 0.29) is 10.6 Å². The fourth-order valence-corrected chi connectivity index (χ4v) is 3.46. The predicted octanol–water partition coefficient (Wildman–Crippen LogP) is 3.69. The van der Waals surface area contributed by atoms with Gasteiger partial charge in [0.2, 0.25) is 16.5 Å². The van der Waals surface area contributed by atoms with Gasteiger partial charge >= 0.3 is 0 Å². The molecule has 0 unspecified atom stereocenters. The minimum Gasteiger partial charge on any atom is -0.416 e. The smallest absolute Gasteiger partial charge is 0.231 e. The minimum atomic E-state index is -1.56. The number of nitrogens with zero attached hydrogens (tertiary/aromatic N) is 4. The number of rotatable bonds is 9. The molecule has 6 nitrogen and oxygen atoms in total. The van der Waals surface area contributed by atoms with Crippen LogP contribution < -0.4 is 4.90 Å². The quantitative estimate of drug-likeness (QED) is 0.593. The van der Waals surface area contributed by atoms with E-state index in [1.807, 2.05) is 4.90 Å². The first-order valence-corrected chi connectivity index (χ1v) is 15.1. The standard InChI is InChI=1S/C13H26Cl2N4O2Si2/c1-22(2,3)20-9-7-19(8-10-21-23(4,5)6)13-17-11(14)16-12(15)18-13/h7-10H2,1-6H3.